The van der Waals surface area contributed by atoms with Crippen molar-refractivity contribution in [3.63, 3.8) is 0 Å². The van der Waals surface area contributed by atoms with Crippen LogP contribution in [0, 0.1) is 0 Å². The van der Waals surface area contributed by atoms with Gasteiger partial charge >= 0.3 is 0 Å². The van der Waals surface area contributed by atoms with Gasteiger partial charge in [-0.15, -0.1) is 0 Å². The standard InChI is InChI=1S/C16H15ClN2O6S/c1-18-14(22)9(15(23)19(2)16(18)26)4-8-5-10(17)13(11(6-8)24-3)25-7-12(20)21/h4-6H,7H2,1-3H3,(H,20,21)/p-1. The van der Waals surface area contributed by atoms with Crippen LogP contribution in [-0.4, -0.2) is 60.5 Å². The van der Waals surface area contributed by atoms with E-state index >= 15 is 0 Å². The van der Waals surface area contributed by atoms with Crippen molar-refractivity contribution in [2.45, 2.75) is 0 Å². The fraction of sp³-hybridized carbons (Fsp3) is 0.250. The number of carboxylic acid groups (broad SMARTS) is 1. The lowest BCUT2D eigenvalue weighted by Gasteiger charge is -2.31. The second-order valence-electron chi connectivity index (χ2n) is 5.26. The summed E-state index contributed by atoms with van der Waals surface area (Å²) in [6.45, 7) is -0.708. The van der Waals surface area contributed by atoms with Gasteiger partial charge in [-0.2, -0.15) is 0 Å². The van der Waals surface area contributed by atoms with Gasteiger partial charge in [0.15, 0.2) is 16.6 Å². The van der Waals surface area contributed by atoms with Gasteiger partial charge in [0.1, 0.15) is 12.2 Å². The van der Waals surface area contributed by atoms with Crippen LogP contribution in [0.3, 0.4) is 0 Å². The number of thiocarbonyl (C=S) groups is 1. The maximum Gasteiger partial charge on any atom is 0.265 e. The summed E-state index contributed by atoms with van der Waals surface area (Å²) in [5, 5.41) is 10.7. The molecule has 0 N–H and O–H groups in total. The van der Waals surface area contributed by atoms with Gasteiger partial charge in [0.2, 0.25) is 0 Å². The molecule has 2 rings (SSSR count). The zero-order chi connectivity index (χ0) is 19.6. The Hall–Kier alpha value is -2.65. The number of carbonyl (C=O) groups excluding carboxylic acids is 3. The molecule has 26 heavy (non-hydrogen) atoms. The molecule has 10 heteroatoms. The number of carbonyl (C=O) groups is 3. The van der Waals surface area contributed by atoms with E-state index in [0.29, 0.717) is 5.56 Å². The van der Waals surface area contributed by atoms with Crippen LogP contribution < -0.4 is 14.6 Å². The number of hydrogen-bond acceptors (Lipinski definition) is 7. The smallest absolute Gasteiger partial charge is 0.265 e. The van der Waals surface area contributed by atoms with Crippen molar-refractivity contribution in [3.8, 4) is 11.5 Å². The van der Waals surface area contributed by atoms with Crippen LogP contribution in [0.4, 0.5) is 0 Å². The van der Waals surface area contributed by atoms with E-state index < -0.39 is 24.4 Å². The molecule has 0 spiro atoms. The Labute approximate surface area is 159 Å². The number of carboxylic acids is 1. The third-order valence-electron chi connectivity index (χ3n) is 3.54. The predicted octanol–water partition coefficient (Wildman–Crippen LogP) is 0.0760. The molecule has 8 nitrogen and oxygen atoms in total. The van der Waals surface area contributed by atoms with Gasteiger partial charge in [-0.05, 0) is 36.0 Å². The molecule has 0 aliphatic carbocycles. The van der Waals surface area contributed by atoms with Crippen molar-refractivity contribution < 1.29 is 29.0 Å². The van der Waals surface area contributed by atoms with Gasteiger partial charge < -0.3 is 19.4 Å². The average molecular weight is 398 g/mol. The number of hydrogen-bond donors (Lipinski definition) is 0. The van der Waals surface area contributed by atoms with Crippen molar-refractivity contribution in [1.82, 2.24) is 9.80 Å². The van der Waals surface area contributed by atoms with E-state index in [2.05, 4.69) is 0 Å². The highest BCUT2D eigenvalue weighted by Gasteiger charge is 2.35. The quantitative estimate of drug-likeness (QED) is 0.394. The van der Waals surface area contributed by atoms with Gasteiger partial charge in [0.05, 0.1) is 18.1 Å². The molecule has 1 heterocycles. The molecule has 1 aromatic rings. The summed E-state index contributed by atoms with van der Waals surface area (Å²) in [6.07, 6.45) is 1.34. The minimum Gasteiger partial charge on any atom is -0.546 e. The molecule has 2 amide bonds. The number of methoxy groups -OCH3 is 1. The van der Waals surface area contributed by atoms with Crippen molar-refractivity contribution in [2.24, 2.45) is 0 Å². The number of likely N-dealkylation sites (N-methyl/N-ethyl adjacent to an activating group) is 2. The first kappa shape index (κ1) is 19.7. The summed E-state index contributed by atoms with van der Waals surface area (Å²) in [4.78, 5) is 37.6. The molecule has 1 aliphatic rings. The van der Waals surface area contributed by atoms with Crippen LogP contribution in [0.25, 0.3) is 6.08 Å². The Bertz CT molecular complexity index is 812. The van der Waals surface area contributed by atoms with Gasteiger partial charge in [0.25, 0.3) is 11.8 Å². The van der Waals surface area contributed by atoms with Gasteiger partial charge in [-0.1, -0.05) is 11.6 Å². The van der Waals surface area contributed by atoms with E-state index in [1.807, 2.05) is 0 Å². The van der Waals surface area contributed by atoms with Crippen LogP contribution in [0.1, 0.15) is 5.56 Å². The van der Waals surface area contributed by atoms with E-state index in [1.165, 1.54) is 49.2 Å². The Morgan fingerprint density at radius 2 is 1.85 bits per heavy atom. The van der Waals surface area contributed by atoms with E-state index in [1.54, 1.807) is 0 Å². The monoisotopic (exact) mass is 397 g/mol. The van der Waals surface area contributed by atoms with Crippen LogP contribution in [0.15, 0.2) is 17.7 Å². The SMILES string of the molecule is COc1cc(C=C2C(=O)N(C)C(=S)N(C)C2=O)cc(Cl)c1OCC(=O)[O-]. The largest absolute Gasteiger partial charge is 0.546 e. The van der Waals surface area contributed by atoms with Crippen LogP contribution >= 0.6 is 23.8 Å². The van der Waals surface area contributed by atoms with Crippen molar-refractivity contribution in [3.05, 3.63) is 28.3 Å². The zero-order valence-corrected chi connectivity index (χ0v) is 15.6. The topological polar surface area (TPSA) is 99.2 Å². The van der Waals surface area contributed by atoms with Crippen molar-refractivity contribution in [1.29, 1.82) is 0 Å². The number of halogens is 1. The number of rotatable bonds is 5. The number of nitrogens with zero attached hydrogens (tertiary/aromatic N) is 2. The first-order valence-electron chi connectivity index (χ1n) is 7.19. The molecule has 1 aliphatic heterocycles. The lowest BCUT2D eigenvalue weighted by Crippen LogP contribution is -2.52. The van der Waals surface area contributed by atoms with Gasteiger partial charge in [-0.3, -0.25) is 19.4 Å². The number of amides is 2. The van der Waals surface area contributed by atoms with Gasteiger partial charge in [-0.25, -0.2) is 0 Å². The highest BCUT2D eigenvalue weighted by molar-refractivity contribution is 7.80. The van der Waals surface area contributed by atoms with E-state index in [4.69, 9.17) is 33.3 Å². The summed E-state index contributed by atoms with van der Waals surface area (Å²) < 4.78 is 10.2. The first-order chi connectivity index (χ1) is 12.2. The highest BCUT2D eigenvalue weighted by Crippen LogP contribution is 2.37. The van der Waals surface area contributed by atoms with Crippen molar-refractivity contribution in [2.75, 3.05) is 27.8 Å². The molecule has 1 saturated heterocycles. The van der Waals surface area contributed by atoms with E-state index in [-0.39, 0.29) is 27.2 Å². The minimum absolute atomic E-state index is 0.0113. The molecular weight excluding hydrogens is 384 g/mol. The maximum atomic E-state index is 12.3. The second-order valence-corrected chi connectivity index (χ2v) is 6.04. The zero-order valence-electron chi connectivity index (χ0n) is 14.1. The lowest BCUT2D eigenvalue weighted by molar-refractivity contribution is -0.307. The lowest BCUT2D eigenvalue weighted by atomic mass is 10.1. The van der Waals surface area contributed by atoms with Gasteiger partial charge in [0, 0.05) is 14.1 Å². The van der Waals surface area contributed by atoms with E-state index in [0.717, 1.165) is 0 Å². The number of aliphatic carboxylic acids is 1. The van der Waals surface area contributed by atoms with E-state index in [9.17, 15) is 19.5 Å². The molecule has 0 unspecified atom stereocenters. The molecule has 0 saturated carbocycles. The highest BCUT2D eigenvalue weighted by atomic mass is 35.5. The summed E-state index contributed by atoms with van der Waals surface area (Å²) >= 11 is 11.1. The summed E-state index contributed by atoms with van der Waals surface area (Å²) in [5.41, 5.74) is 0.282. The fourth-order valence-corrected chi connectivity index (χ4v) is 2.68. The average Bonchev–Trinajstić information content (AvgIpc) is 2.60. The molecular formula is C16H14ClN2O6S-. The fourth-order valence-electron chi connectivity index (χ4n) is 2.24. The molecule has 1 aromatic carbocycles. The third-order valence-corrected chi connectivity index (χ3v) is 4.37. The summed E-state index contributed by atoms with van der Waals surface area (Å²) in [7, 11) is 4.27. The number of ether oxygens (including phenoxy) is 2. The Kier molecular flexibility index (Phi) is 5.83. The molecule has 138 valence electrons. The summed E-state index contributed by atoms with van der Waals surface area (Å²) in [5.74, 6) is -2.37. The van der Waals surface area contributed by atoms with Crippen LogP contribution in [-0.2, 0) is 14.4 Å². The Morgan fingerprint density at radius 3 is 2.35 bits per heavy atom. The Morgan fingerprint density at radius 1 is 1.27 bits per heavy atom. The molecule has 0 aromatic heterocycles. The maximum absolute atomic E-state index is 12.3. The first-order valence-corrected chi connectivity index (χ1v) is 7.98. The third kappa shape index (κ3) is 3.78. The van der Waals surface area contributed by atoms with Crippen molar-refractivity contribution >= 4 is 52.8 Å². The van der Waals surface area contributed by atoms with Crippen LogP contribution in [0.5, 0.6) is 11.5 Å². The second kappa shape index (κ2) is 7.71. The normalized spacial score (nSPS) is 14.6. The number of benzene rings is 1. The Balaban J connectivity index is 2.45. The minimum atomic E-state index is -1.42. The van der Waals surface area contributed by atoms with Crippen LogP contribution in [0.2, 0.25) is 5.02 Å². The molecule has 1 fully saturated rings. The summed E-state index contributed by atoms with van der Waals surface area (Å²) in [6, 6.07) is 2.87. The predicted molar refractivity (Wildman–Crippen MR) is 94.6 cm³/mol. The molecule has 0 bridgehead atoms. The molecule has 0 radical (unpaired) electrons. The molecule has 0 atom stereocenters.